The Bertz CT molecular complexity index is 1190. The Hall–Kier alpha value is -3.09. The molecular weight excluding hydrogens is 380 g/mol. The minimum Gasteiger partial charge on any atom is -0.489 e. The summed E-state index contributed by atoms with van der Waals surface area (Å²) in [5, 5.41) is 11.8. The second kappa shape index (κ2) is 7.50. The molecule has 0 bridgehead atoms. The minimum absolute atomic E-state index is 0.0161. The Balaban J connectivity index is 1.79. The number of methoxy groups -OCH3 is 1. The summed E-state index contributed by atoms with van der Waals surface area (Å²) in [5.41, 5.74) is 3.01. The lowest BCUT2D eigenvalue weighted by Gasteiger charge is -2.09. The Morgan fingerprint density at radius 3 is 2.75 bits per heavy atom. The van der Waals surface area contributed by atoms with E-state index in [1.165, 1.54) is 13.3 Å². The van der Waals surface area contributed by atoms with Gasteiger partial charge in [0.25, 0.3) is 0 Å². The number of aromatic amines is 1. The molecule has 0 unspecified atom stereocenters. The van der Waals surface area contributed by atoms with Crippen molar-refractivity contribution in [3.05, 3.63) is 70.5 Å². The van der Waals surface area contributed by atoms with Gasteiger partial charge < -0.3 is 19.6 Å². The fourth-order valence-electron chi connectivity index (χ4n) is 3.27. The predicted molar refractivity (Wildman–Crippen MR) is 107 cm³/mol. The van der Waals surface area contributed by atoms with Crippen molar-refractivity contribution in [2.24, 2.45) is 0 Å². The van der Waals surface area contributed by atoms with E-state index in [0.717, 1.165) is 27.4 Å². The Kier molecular flexibility index (Phi) is 4.90. The third kappa shape index (κ3) is 3.28. The highest BCUT2D eigenvalue weighted by Gasteiger charge is 2.19. The van der Waals surface area contributed by atoms with E-state index < -0.39 is 5.97 Å². The van der Waals surface area contributed by atoms with Gasteiger partial charge in [-0.25, -0.2) is 9.78 Å². The van der Waals surface area contributed by atoms with Gasteiger partial charge in [-0.1, -0.05) is 29.8 Å². The second-order valence-corrected chi connectivity index (χ2v) is 6.73. The van der Waals surface area contributed by atoms with Crippen LogP contribution in [0.4, 0.5) is 0 Å². The predicted octanol–water partition coefficient (Wildman–Crippen LogP) is 4.79. The summed E-state index contributed by atoms with van der Waals surface area (Å²) in [6.45, 7) is 0.476. The number of rotatable bonds is 6. The average molecular weight is 397 g/mol. The van der Waals surface area contributed by atoms with Gasteiger partial charge in [0.2, 0.25) is 0 Å². The molecule has 4 aromatic rings. The van der Waals surface area contributed by atoms with Crippen LogP contribution in [0.25, 0.3) is 21.8 Å². The molecule has 142 valence electrons. The average Bonchev–Trinajstić information content (AvgIpc) is 3.06. The molecule has 0 fully saturated rings. The second-order valence-electron chi connectivity index (χ2n) is 6.32. The number of hydrogen-bond acceptors (Lipinski definition) is 4. The molecule has 2 N–H and O–H groups in total. The zero-order valence-electron chi connectivity index (χ0n) is 15.0. The number of ether oxygens (including phenoxy) is 2. The number of carboxylic acid groups (broad SMARTS) is 1. The summed E-state index contributed by atoms with van der Waals surface area (Å²) >= 11 is 6.19. The number of carbonyl (C=O) groups is 1. The molecule has 0 aliphatic rings. The smallest absolute Gasteiger partial charge is 0.354 e. The van der Waals surface area contributed by atoms with Gasteiger partial charge in [0.1, 0.15) is 12.4 Å². The molecule has 6 nitrogen and oxygen atoms in total. The number of H-pyrrole nitrogens is 1. The molecule has 2 aromatic heterocycles. The zero-order valence-corrected chi connectivity index (χ0v) is 15.8. The number of aromatic carboxylic acids is 1. The van der Waals surface area contributed by atoms with Crippen molar-refractivity contribution in [3.63, 3.8) is 0 Å². The van der Waals surface area contributed by atoms with Crippen LogP contribution in [-0.2, 0) is 18.0 Å². The van der Waals surface area contributed by atoms with Gasteiger partial charge in [0.15, 0.2) is 5.69 Å². The molecule has 2 heterocycles. The van der Waals surface area contributed by atoms with Crippen molar-refractivity contribution < 1.29 is 19.4 Å². The van der Waals surface area contributed by atoms with Crippen molar-refractivity contribution in [3.8, 4) is 5.75 Å². The molecule has 0 aliphatic heterocycles. The third-order valence-electron chi connectivity index (χ3n) is 4.55. The number of fused-ring (bicyclic) bond motifs is 3. The van der Waals surface area contributed by atoms with Crippen LogP contribution in [0.15, 0.2) is 48.7 Å². The van der Waals surface area contributed by atoms with Gasteiger partial charge in [-0.05, 0) is 24.3 Å². The summed E-state index contributed by atoms with van der Waals surface area (Å²) in [5.74, 6) is -0.431. The minimum atomic E-state index is -1.09. The van der Waals surface area contributed by atoms with Crippen molar-refractivity contribution in [2.45, 2.75) is 13.2 Å². The number of aromatic nitrogens is 2. The molecular formula is C21H17ClN2O4. The number of nitrogens with one attached hydrogen (secondary N) is 1. The molecule has 0 atom stereocenters. The molecule has 7 heteroatoms. The summed E-state index contributed by atoms with van der Waals surface area (Å²) in [6.07, 6.45) is 1.53. The highest BCUT2D eigenvalue weighted by Crippen LogP contribution is 2.33. The largest absolute Gasteiger partial charge is 0.489 e. The topological polar surface area (TPSA) is 84.4 Å². The number of halogens is 1. The highest BCUT2D eigenvalue weighted by atomic mass is 35.5. The van der Waals surface area contributed by atoms with Crippen molar-refractivity contribution in [1.82, 2.24) is 9.97 Å². The first-order valence-electron chi connectivity index (χ1n) is 8.60. The van der Waals surface area contributed by atoms with Crippen LogP contribution in [0, 0.1) is 0 Å². The van der Waals surface area contributed by atoms with Gasteiger partial charge in [-0.3, -0.25) is 0 Å². The van der Waals surface area contributed by atoms with E-state index in [9.17, 15) is 9.90 Å². The van der Waals surface area contributed by atoms with Crippen LogP contribution >= 0.6 is 11.6 Å². The molecule has 4 rings (SSSR count). The molecule has 0 amide bonds. The molecule has 28 heavy (non-hydrogen) atoms. The third-order valence-corrected chi connectivity index (χ3v) is 4.92. The Morgan fingerprint density at radius 2 is 2.00 bits per heavy atom. The fourth-order valence-corrected chi connectivity index (χ4v) is 3.47. The van der Waals surface area contributed by atoms with Gasteiger partial charge in [0.05, 0.1) is 18.3 Å². The first kappa shape index (κ1) is 18.3. The van der Waals surface area contributed by atoms with Gasteiger partial charge >= 0.3 is 5.97 Å². The number of benzene rings is 2. The zero-order chi connectivity index (χ0) is 19.7. The Morgan fingerprint density at radius 1 is 1.18 bits per heavy atom. The first-order chi connectivity index (χ1) is 13.6. The standard InChI is InChI=1S/C21H17ClN2O4/c1-27-11-15-19-14-8-13(28-10-12-4-2-3-5-16(12)22)6-7-17(14)24-18(19)9-23-20(15)21(25)26/h2-9,24H,10-11H2,1H3,(H,25,26). The summed E-state index contributed by atoms with van der Waals surface area (Å²) in [4.78, 5) is 18.9. The maximum Gasteiger partial charge on any atom is 0.354 e. The van der Waals surface area contributed by atoms with Gasteiger partial charge in [-0.15, -0.1) is 0 Å². The van der Waals surface area contributed by atoms with Crippen molar-refractivity contribution >= 4 is 39.4 Å². The lowest BCUT2D eigenvalue weighted by molar-refractivity contribution is 0.0685. The van der Waals surface area contributed by atoms with Crippen LogP contribution in [0.3, 0.4) is 0 Å². The molecule has 0 saturated carbocycles. The number of pyridine rings is 1. The molecule has 0 spiro atoms. The van der Waals surface area contributed by atoms with E-state index in [-0.39, 0.29) is 12.3 Å². The van der Waals surface area contributed by atoms with Crippen LogP contribution in [0.2, 0.25) is 5.02 Å². The normalized spacial score (nSPS) is 11.2. The van der Waals surface area contributed by atoms with Crippen molar-refractivity contribution in [1.29, 1.82) is 0 Å². The monoisotopic (exact) mass is 396 g/mol. The van der Waals surface area contributed by atoms with E-state index in [1.54, 1.807) is 0 Å². The van der Waals surface area contributed by atoms with Crippen molar-refractivity contribution in [2.75, 3.05) is 7.11 Å². The molecule has 0 saturated heterocycles. The van der Waals surface area contributed by atoms with Gasteiger partial charge in [-0.2, -0.15) is 0 Å². The number of nitrogens with zero attached hydrogens (tertiary/aromatic N) is 1. The van der Waals surface area contributed by atoms with E-state index in [0.29, 0.717) is 22.9 Å². The van der Waals surface area contributed by atoms with E-state index in [1.807, 2.05) is 42.5 Å². The van der Waals surface area contributed by atoms with Crippen LogP contribution in [0.5, 0.6) is 5.75 Å². The quantitative estimate of drug-likeness (QED) is 0.489. The number of carboxylic acids is 1. The van der Waals surface area contributed by atoms with E-state index in [4.69, 9.17) is 21.1 Å². The fraction of sp³-hybridized carbons (Fsp3) is 0.143. The SMILES string of the molecule is COCc1c(C(=O)O)ncc2[nH]c3ccc(OCc4ccccc4Cl)cc3c12. The maximum atomic E-state index is 11.6. The molecule has 0 radical (unpaired) electrons. The first-order valence-corrected chi connectivity index (χ1v) is 8.98. The Labute approximate surface area is 165 Å². The number of hydrogen-bond donors (Lipinski definition) is 2. The highest BCUT2D eigenvalue weighted by molar-refractivity contribution is 6.31. The van der Waals surface area contributed by atoms with Crippen LogP contribution in [0.1, 0.15) is 21.6 Å². The van der Waals surface area contributed by atoms with E-state index in [2.05, 4.69) is 9.97 Å². The summed E-state index contributed by atoms with van der Waals surface area (Å²) < 4.78 is 11.1. The van der Waals surface area contributed by atoms with E-state index >= 15 is 0 Å². The lowest BCUT2D eigenvalue weighted by atomic mass is 10.1. The van der Waals surface area contributed by atoms with Crippen LogP contribution < -0.4 is 4.74 Å². The molecule has 2 aromatic carbocycles. The molecule has 0 aliphatic carbocycles. The van der Waals surface area contributed by atoms with Crippen LogP contribution in [-0.4, -0.2) is 28.2 Å². The maximum absolute atomic E-state index is 11.6. The summed E-state index contributed by atoms with van der Waals surface area (Å²) in [7, 11) is 1.53. The summed E-state index contributed by atoms with van der Waals surface area (Å²) in [6, 6.07) is 13.1. The lowest BCUT2D eigenvalue weighted by Crippen LogP contribution is -2.07. The van der Waals surface area contributed by atoms with Gasteiger partial charge in [0, 0.05) is 39.5 Å².